The first-order chi connectivity index (χ1) is 11.5. The summed E-state index contributed by atoms with van der Waals surface area (Å²) >= 11 is 1.39. The summed E-state index contributed by atoms with van der Waals surface area (Å²) in [5.74, 6) is -1.72. The van der Waals surface area contributed by atoms with Crippen molar-refractivity contribution in [2.24, 2.45) is 11.8 Å². The molecule has 1 saturated heterocycles. The lowest BCUT2D eigenvalue weighted by Gasteiger charge is -2.46. The molecule has 0 bridgehead atoms. The molecular formula is C17H18N2O4S. The Morgan fingerprint density at radius 3 is 2.88 bits per heavy atom. The van der Waals surface area contributed by atoms with Gasteiger partial charge in [0.2, 0.25) is 5.91 Å². The van der Waals surface area contributed by atoms with Crippen LogP contribution in [0.25, 0.3) is 0 Å². The largest absolute Gasteiger partial charge is 0.477 e. The number of rotatable bonds is 6. The fraction of sp³-hybridized carbons (Fsp3) is 0.353. The minimum Gasteiger partial charge on any atom is -0.477 e. The molecule has 24 heavy (non-hydrogen) atoms. The molecular weight excluding hydrogens is 328 g/mol. The number of pyridine rings is 1. The molecule has 6 nitrogen and oxygen atoms in total. The van der Waals surface area contributed by atoms with E-state index in [0.29, 0.717) is 10.7 Å². The summed E-state index contributed by atoms with van der Waals surface area (Å²) in [5, 5.41) is 19.5. The van der Waals surface area contributed by atoms with Gasteiger partial charge in [-0.2, -0.15) is 0 Å². The van der Waals surface area contributed by atoms with E-state index in [4.69, 9.17) is 0 Å². The molecule has 0 radical (unpaired) electrons. The number of thioether (sulfide) groups is 1. The monoisotopic (exact) mass is 346 g/mol. The van der Waals surface area contributed by atoms with Crippen molar-refractivity contribution >= 4 is 23.6 Å². The van der Waals surface area contributed by atoms with Crippen molar-refractivity contribution in [1.82, 2.24) is 9.88 Å². The van der Waals surface area contributed by atoms with Crippen molar-refractivity contribution < 1.29 is 19.8 Å². The number of carboxylic acids is 1. The lowest BCUT2D eigenvalue weighted by molar-refractivity contribution is -0.161. The van der Waals surface area contributed by atoms with Crippen LogP contribution in [-0.2, 0) is 15.3 Å². The third kappa shape index (κ3) is 2.53. The van der Waals surface area contributed by atoms with E-state index in [1.807, 2.05) is 25.1 Å². The van der Waals surface area contributed by atoms with Crippen molar-refractivity contribution in [3.63, 3.8) is 0 Å². The quantitative estimate of drug-likeness (QED) is 0.601. The number of aliphatic hydroxyl groups is 1. The van der Waals surface area contributed by atoms with E-state index >= 15 is 0 Å². The van der Waals surface area contributed by atoms with E-state index in [1.165, 1.54) is 22.7 Å². The highest BCUT2D eigenvalue weighted by Gasteiger charge is 2.60. The number of carbonyl (C=O) groups is 2. The number of hydrogen-bond donors (Lipinski definition) is 2. The second-order valence-corrected chi connectivity index (χ2v) is 6.88. The number of carbonyl (C=O) groups excluding carboxylic acids is 1. The lowest BCUT2D eigenvalue weighted by atomic mass is 9.78. The number of aliphatic hydroxyl groups excluding tert-OH is 1. The molecule has 126 valence electrons. The smallest absolute Gasteiger partial charge is 0.353 e. The molecule has 1 amide bonds. The summed E-state index contributed by atoms with van der Waals surface area (Å²) in [6.07, 6.45) is 2.05. The van der Waals surface area contributed by atoms with Crippen LogP contribution in [0.3, 0.4) is 0 Å². The van der Waals surface area contributed by atoms with Gasteiger partial charge in [-0.25, -0.2) is 4.79 Å². The Morgan fingerprint density at radius 2 is 2.29 bits per heavy atom. The van der Waals surface area contributed by atoms with Gasteiger partial charge in [-0.05, 0) is 12.1 Å². The molecule has 3 heterocycles. The van der Waals surface area contributed by atoms with Crippen molar-refractivity contribution in [1.29, 1.82) is 0 Å². The van der Waals surface area contributed by atoms with Gasteiger partial charge in [0.25, 0.3) is 0 Å². The van der Waals surface area contributed by atoms with Crippen LogP contribution in [0, 0.1) is 11.8 Å². The number of aromatic nitrogens is 1. The summed E-state index contributed by atoms with van der Waals surface area (Å²) < 4.78 is 0. The Bertz CT molecular complexity index is 719. The van der Waals surface area contributed by atoms with Crippen LogP contribution >= 0.6 is 11.8 Å². The number of fused-ring (bicyclic) bond motifs is 1. The predicted octanol–water partition coefficient (Wildman–Crippen LogP) is 1.63. The maximum atomic E-state index is 12.3. The molecule has 2 aliphatic rings. The topological polar surface area (TPSA) is 90.7 Å². The van der Waals surface area contributed by atoms with Gasteiger partial charge in [-0.1, -0.05) is 19.1 Å². The summed E-state index contributed by atoms with van der Waals surface area (Å²) in [4.78, 5) is 30.2. The molecule has 4 atom stereocenters. The Labute approximate surface area is 143 Å². The zero-order chi connectivity index (χ0) is 17.4. The predicted molar refractivity (Wildman–Crippen MR) is 89.7 cm³/mol. The van der Waals surface area contributed by atoms with E-state index in [-0.39, 0.29) is 23.6 Å². The molecule has 1 unspecified atom stereocenters. The highest BCUT2D eigenvalue weighted by Crippen LogP contribution is 2.50. The minimum atomic E-state index is -1.12. The Kier molecular flexibility index (Phi) is 4.47. The van der Waals surface area contributed by atoms with Gasteiger partial charge in [-0.15, -0.1) is 18.3 Å². The average molecular weight is 346 g/mol. The van der Waals surface area contributed by atoms with Crippen LogP contribution in [0.5, 0.6) is 0 Å². The Morgan fingerprint density at radius 1 is 1.54 bits per heavy atom. The number of carboxylic acid groups (broad SMARTS) is 1. The number of nitrogens with zero attached hydrogens (tertiary/aromatic N) is 2. The fourth-order valence-corrected chi connectivity index (χ4v) is 4.55. The van der Waals surface area contributed by atoms with Gasteiger partial charge >= 0.3 is 5.97 Å². The van der Waals surface area contributed by atoms with Crippen molar-refractivity contribution in [2.75, 3.05) is 0 Å². The van der Waals surface area contributed by atoms with Gasteiger partial charge in [0.15, 0.2) is 0 Å². The zero-order valence-electron chi connectivity index (χ0n) is 13.1. The van der Waals surface area contributed by atoms with Gasteiger partial charge in [-0.3, -0.25) is 9.78 Å². The fourth-order valence-electron chi connectivity index (χ4n) is 3.35. The van der Waals surface area contributed by atoms with Crippen LogP contribution in [0.2, 0.25) is 0 Å². The minimum absolute atomic E-state index is 0.0333. The highest BCUT2D eigenvalue weighted by molar-refractivity contribution is 8.02. The molecule has 0 aromatic carbocycles. The number of aliphatic carboxylic acids is 1. The second kappa shape index (κ2) is 6.41. The number of hydrogen-bond acceptors (Lipinski definition) is 5. The molecule has 1 aromatic heterocycles. The van der Waals surface area contributed by atoms with Crippen LogP contribution in [0.1, 0.15) is 12.6 Å². The molecule has 1 aromatic rings. The van der Waals surface area contributed by atoms with E-state index in [0.717, 1.165) is 5.69 Å². The van der Waals surface area contributed by atoms with Crippen molar-refractivity contribution in [2.45, 2.75) is 24.8 Å². The first-order valence-electron chi connectivity index (χ1n) is 7.61. The van der Waals surface area contributed by atoms with E-state index in [9.17, 15) is 19.8 Å². The maximum Gasteiger partial charge on any atom is 0.353 e. The Hall–Kier alpha value is -2.12. The van der Waals surface area contributed by atoms with Gasteiger partial charge in [0, 0.05) is 22.8 Å². The van der Waals surface area contributed by atoms with Crippen LogP contribution in [0.15, 0.2) is 47.7 Å². The van der Waals surface area contributed by atoms with E-state index < -0.39 is 18.0 Å². The maximum absolute atomic E-state index is 12.3. The second-order valence-electron chi connectivity index (χ2n) is 5.87. The normalized spacial score (nSPS) is 26.8. The van der Waals surface area contributed by atoms with Crippen LogP contribution in [-0.4, -0.2) is 44.1 Å². The Balaban J connectivity index is 1.86. The number of β-lactam (4-membered cyclic amide) rings is 1. The third-order valence-corrected chi connectivity index (χ3v) is 5.82. The first-order valence-corrected chi connectivity index (χ1v) is 8.59. The molecule has 7 heteroatoms. The molecule has 2 N–H and O–H groups in total. The molecule has 0 saturated carbocycles. The summed E-state index contributed by atoms with van der Waals surface area (Å²) in [5.41, 5.74) is 0.876. The third-order valence-electron chi connectivity index (χ3n) is 4.50. The first kappa shape index (κ1) is 16.7. The van der Waals surface area contributed by atoms with Crippen molar-refractivity contribution in [3.8, 4) is 0 Å². The zero-order valence-corrected chi connectivity index (χ0v) is 13.9. The van der Waals surface area contributed by atoms with Gasteiger partial charge in [0.1, 0.15) is 5.70 Å². The molecule has 3 rings (SSSR count). The van der Waals surface area contributed by atoms with Crippen LogP contribution in [0.4, 0.5) is 0 Å². The summed E-state index contributed by atoms with van der Waals surface area (Å²) in [7, 11) is 0. The standard InChI is InChI=1S/C17H18N2O4S/c1-3-11(20)12-13-9(2)15(14(17(22)23)19(13)16(12)21)24-8-10-6-4-5-7-18-10/h3-7,9,11-13,20H,1,8H2,2H3,(H,22,23)/t9-,11+,12-,13?/m1/s1. The van der Waals surface area contributed by atoms with E-state index in [1.54, 1.807) is 6.20 Å². The van der Waals surface area contributed by atoms with Crippen LogP contribution < -0.4 is 0 Å². The van der Waals surface area contributed by atoms with Crippen molar-refractivity contribution in [3.05, 3.63) is 53.3 Å². The van der Waals surface area contributed by atoms with Gasteiger partial charge < -0.3 is 15.1 Å². The summed E-state index contributed by atoms with van der Waals surface area (Å²) in [6, 6.07) is 5.24. The molecule has 2 aliphatic heterocycles. The average Bonchev–Trinajstić information content (AvgIpc) is 2.83. The molecule has 0 spiro atoms. The number of amides is 1. The summed E-state index contributed by atoms with van der Waals surface area (Å²) in [6.45, 7) is 5.41. The van der Waals surface area contributed by atoms with E-state index in [2.05, 4.69) is 11.6 Å². The highest BCUT2D eigenvalue weighted by atomic mass is 32.2. The molecule has 1 fully saturated rings. The lowest BCUT2D eigenvalue weighted by Crippen LogP contribution is -2.63. The van der Waals surface area contributed by atoms with Gasteiger partial charge in [0.05, 0.1) is 23.8 Å². The molecule has 0 aliphatic carbocycles. The SMILES string of the molecule is C=C[C@H](O)[C@H]1C(=O)N2C(C(=O)O)=C(SCc3ccccn3)[C@H](C)C12.